The molecule has 1 N–H and O–H groups in total. The maximum Gasteiger partial charge on any atom is 0.506 e. The maximum absolute atomic E-state index is 14.8. The van der Waals surface area contributed by atoms with Crippen molar-refractivity contribution in [2.75, 3.05) is 13.1 Å². The van der Waals surface area contributed by atoms with Crippen molar-refractivity contribution >= 4 is 46.6 Å². The van der Waals surface area contributed by atoms with Crippen LogP contribution < -0.4 is 10.6 Å². The highest BCUT2D eigenvalue weighted by Gasteiger charge is 2.46. The number of piperidine rings is 1. The number of esters is 1. The van der Waals surface area contributed by atoms with Gasteiger partial charge in [-0.15, -0.1) is 0 Å². The van der Waals surface area contributed by atoms with E-state index in [9.17, 15) is 31.9 Å². The van der Waals surface area contributed by atoms with Crippen molar-refractivity contribution < 1.29 is 31.9 Å². The van der Waals surface area contributed by atoms with Crippen LogP contribution in [0.25, 0.3) is 5.52 Å². The highest BCUT2D eigenvalue weighted by atomic mass is 35.5. The molecule has 4 heterocycles. The van der Waals surface area contributed by atoms with E-state index in [1.54, 1.807) is 0 Å². The second-order valence-electron chi connectivity index (χ2n) is 9.13. The molecule has 0 unspecified atom stereocenters. The number of aromatic amines is 1. The molecule has 0 atom stereocenters. The smallest absolute Gasteiger partial charge is 0.347 e. The summed E-state index contributed by atoms with van der Waals surface area (Å²) in [6.45, 7) is 0.353. The van der Waals surface area contributed by atoms with E-state index in [-0.39, 0.29) is 46.8 Å². The highest BCUT2D eigenvalue weighted by molar-refractivity contribution is 6.42. The monoisotopic (exact) mass is 599 g/mol. The molecule has 40 heavy (non-hydrogen) atoms. The topological polar surface area (TPSA) is 101 Å². The lowest BCUT2D eigenvalue weighted by atomic mass is 10.0. The van der Waals surface area contributed by atoms with E-state index >= 15 is 0 Å². The normalized spacial score (nSPS) is 16.1. The number of nitrogens with zero attached hydrogens (tertiary/aromatic N) is 4. The first kappa shape index (κ1) is 27.7. The molecule has 2 aliphatic heterocycles. The molecule has 1 aromatic carbocycles. The Morgan fingerprint density at radius 2 is 1.88 bits per heavy atom. The van der Waals surface area contributed by atoms with Crippen LogP contribution >= 0.6 is 23.2 Å². The Morgan fingerprint density at radius 1 is 1.15 bits per heavy atom. The van der Waals surface area contributed by atoms with Crippen molar-refractivity contribution in [2.45, 2.75) is 31.5 Å². The summed E-state index contributed by atoms with van der Waals surface area (Å²) in [5.41, 5.74) is 0.819. The molecule has 0 aliphatic carbocycles. The van der Waals surface area contributed by atoms with Crippen molar-refractivity contribution in [2.24, 2.45) is 0 Å². The quantitative estimate of drug-likeness (QED) is 0.363. The Morgan fingerprint density at radius 3 is 2.58 bits per heavy atom. The Bertz CT molecular complexity index is 1620. The molecule has 0 spiro atoms. The zero-order valence-corrected chi connectivity index (χ0v) is 21.9. The van der Waals surface area contributed by atoms with Gasteiger partial charge in [-0.2, -0.15) is 18.1 Å². The predicted molar refractivity (Wildman–Crippen MR) is 136 cm³/mol. The van der Waals surface area contributed by atoms with Gasteiger partial charge in [-0.1, -0.05) is 29.3 Å². The van der Waals surface area contributed by atoms with Gasteiger partial charge in [-0.25, -0.2) is 9.18 Å². The minimum atomic E-state index is -5.17. The first-order chi connectivity index (χ1) is 18.9. The Balaban J connectivity index is 1.28. The second-order valence-corrected chi connectivity index (χ2v) is 9.90. The number of amides is 1. The van der Waals surface area contributed by atoms with Gasteiger partial charge in [0.25, 0.3) is 11.5 Å². The number of amidine groups is 1. The number of fused-ring (bicyclic) bond motifs is 1. The van der Waals surface area contributed by atoms with Crippen LogP contribution in [0.4, 0.5) is 17.6 Å². The summed E-state index contributed by atoms with van der Waals surface area (Å²) in [5, 5.41) is 0.340. The summed E-state index contributed by atoms with van der Waals surface area (Å²) in [7, 11) is 0. The first-order valence-electron chi connectivity index (χ1n) is 11.9. The molecule has 1 saturated heterocycles. The maximum atomic E-state index is 14.8. The third-order valence-corrected chi connectivity index (χ3v) is 7.39. The lowest BCUT2D eigenvalue weighted by Gasteiger charge is -2.32. The molecule has 1 amide bonds. The highest BCUT2D eigenvalue weighted by Crippen LogP contribution is 2.28. The second kappa shape index (κ2) is 10.6. The number of benzene rings is 1. The van der Waals surface area contributed by atoms with Crippen molar-refractivity contribution in [3.8, 4) is 0 Å². The predicted octanol–water partition coefficient (Wildman–Crippen LogP) is 3.85. The van der Waals surface area contributed by atoms with Gasteiger partial charge in [0.1, 0.15) is 28.7 Å². The van der Waals surface area contributed by atoms with E-state index in [1.165, 1.54) is 57.1 Å². The molecular formula is C25H19Cl2F4N5O4+. The molecule has 0 saturated carbocycles. The number of H-pyrrole nitrogens is 1. The van der Waals surface area contributed by atoms with E-state index in [2.05, 4.69) is 14.7 Å². The summed E-state index contributed by atoms with van der Waals surface area (Å²) < 4.78 is 58.4. The van der Waals surface area contributed by atoms with Crippen LogP contribution in [0, 0.1) is 5.82 Å². The van der Waals surface area contributed by atoms with Crippen LogP contribution in [-0.4, -0.2) is 62.4 Å². The first-order valence-corrected chi connectivity index (χ1v) is 12.7. The van der Waals surface area contributed by atoms with Crippen LogP contribution in [0.15, 0.2) is 47.7 Å². The fourth-order valence-electron chi connectivity index (χ4n) is 4.69. The summed E-state index contributed by atoms with van der Waals surface area (Å²) in [6, 6.07) is 4.66. The molecule has 9 nitrogen and oxygen atoms in total. The van der Waals surface area contributed by atoms with Crippen molar-refractivity contribution in [1.29, 1.82) is 0 Å². The van der Waals surface area contributed by atoms with Gasteiger partial charge in [0.05, 0.1) is 10.6 Å². The number of nitrogens with one attached hydrogen (secondary N) is 1. The SMILES string of the molecule is O=C(c1cc(Cc2c[nH]c(=O)c3cc(Cl)c(Cl)n23)ccc1F)N1CCC(N2C=C[N+]=C2OC(=O)C(F)(F)F)CC1. The number of carbonyl (C=O) groups excluding carboxylic acids is 2. The third-order valence-electron chi connectivity index (χ3n) is 6.63. The van der Waals surface area contributed by atoms with Gasteiger partial charge in [0, 0.05) is 44.2 Å². The number of ether oxygens (including phenoxy) is 1. The van der Waals surface area contributed by atoms with Crippen molar-refractivity contribution in [3.05, 3.63) is 86.0 Å². The lowest BCUT2D eigenvalue weighted by molar-refractivity contribution is -0.192. The molecule has 1 fully saturated rings. The zero-order chi connectivity index (χ0) is 28.8. The summed E-state index contributed by atoms with van der Waals surface area (Å²) in [6.07, 6.45) is -0.296. The van der Waals surface area contributed by atoms with Gasteiger partial charge in [-0.05, 0) is 28.8 Å². The van der Waals surface area contributed by atoms with Crippen LogP contribution in [0.5, 0.6) is 0 Å². The summed E-state index contributed by atoms with van der Waals surface area (Å²) in [4.78, 5) is 45.7. The largest absolute Gasteiger partial charge is 0.506 e. The van der Waals surface area contributed by atoms with Crippen LogP contribution in [-0.2, 0) is 16.0 Å². The molecule has 5 rings (SSSR count). The van der Waals surface area contributed by atoms with Gasteiger partial charge in [-0.3, -0.25) is 14.0 Å². The van der Waals surface area contributed by atoms with E-state index in [1.807, 2.05) is 0 Å². The van der Waals surface area contributed by atoms with Crippen LogP contribution in [0.1, 0.15) is 34.5 Å². The van der Waals surface area contributed by atoms with Crippen LogP contribution in [0.2, 0.25) is 10.2 Å². The van der Waals surface area contributed by atoms with E-state index in [4.69, 9.17) is 23.2 Å². The molecule has 2 aromatic heterocycles. The minimum absolute atomic E-state index is 0.147. The van der Waals surface area contributed by atoms with E-state index in [0.717, 1.165) is 0 Å². The number of carbonyl (C=O) groups is 2. The third kappa shape index (κ3) is 5.30. The average molecular weight is 600 g/mol. The molecule has 209 valence electrons. The molecule has 2 aliphatic rings. The Labute approximate surface area is 233 Å². The molecular weight excluding hydrogens is 581 g/mol. The van der Waals surface area contributed by atoms with E-state index in [0.29, 0.717) is 24.1 Å². The number of hydrogen-bond donors (Lipinski definition) is 1. The van der Waals surface area contributed by atoms with Gasteiger partial charge in [0.15, 0.2) is 6.20 Å². The standard InChI is InChI=1S/C25H19Cl2F4N5O4/c26-17-11-19-21(37)33-12-15(36(19)20(17)27)9-13-1-2-18(28)16(10-13)22(38)34-6-3-14(4-7-34)35-8-5-32-24(35)40-23(39)25(29,30)31/h1-2,5,8,10-12,14H,3-4,6-7,9H2,(H,33,37)/q+1. The number of aromatic nitrogens is 2. The van der Waals surface area contributed by atoms with Crippen molar-refractivity contribution in [3.63, 3.8) is 0 Å². The molecule has 15 heteroatoms. The minimum Gasteiger partial charge on any atom is -0.347 e. The van der Waals surface area contributed by atoms with Crippen LogP contribution in [0.3, 0.4) is 0 Å². The number of halogens is 6. The van der Waals surface area contributed by atoms with Gasteiger partial charge < -0.3 is 14.6 Å². The number of alkyl halides is 3. The van der Waals surface area contributed by atoms with Gasteiger partial charge in [0.2, 0.25) is 0 Å². The molecule has 3 aromatic rings. The molecule has 0 bridgehead atoms. The van der Waals surface area contributed by atoms with E-state index < -0.39 is 35.5 Å². The van der Waals surface area contributed by atoms with Crippen molar-refractivity contribution in [1.82, 2.24) is 24.2 Å². The zero-order valence-electron chi connectivity index (χ0n) is 20.3. The fourth-order valence-corrected chi connectivity index (χ4v) is 5.13. The average Bonchev–Trinajstić information content (AvgIpc) is 3.50. The number of rotatable bonds is 4. The van der Waals surface area contributed by atoms with Gasteiger partial charge >= 0.3 is 18.2 Å². The number of aliphatic imine (C=N–C) groups is 1. The summed E-state index contributed by atoms with van der Waals surface area (Å²) >= 11 is 12.4. The number of hydrogen-bond acceptors (Lipinski definition) is 6. The summed E-state index contributed by atoms with van der Waals surface area (Å²) in [5.74, 6) is -3.66. The Kier molecular flexibility index (Phi) is 7.36. The Hall–Kier alpha value is -3.84. The fraction of sp³-hybridized carbons (Fsp3) is 0.280. The molecule has 1 radical (unpaired) electrons. The lowest BCUT2D eigenvalue weighted by Crippen LogP contribution is -2.48. The number of likely N-dealkylation sites (tertiary alicyclic amines) is 1.